The van der Waals surface area contributed by atoms with Crippen LogP contribution in [0.2, 0.25) is 5.02 Å². The van der Waals surface area contributed by atoms with Crippen LogP contribution in [0, 0.1) is 0 Å². The molecule has 2 aromatic carbocycles. The van der Waals surface area contributed by atoms with Crippen molar-refractivity contribution < 1.29 is 32.6 Å². The summed E-state index contributed by atoms with van der Waals surface area (Å²) in [4.78, 5) is 35.5. The van der Waals surface area contributed by atoms with Gasteiger partial charge in [0.2, 0.25) is 5.91 Å². The maximum absolute atomic E-state index is 15.0. The number of anilines is 1. The molecule has 3 aromatic rings. The monoisotopic (exact) mass is 603 g/mol. The van der Waals surface area contributed by atoms with E-state index in [-0.39, 0.29) is 51.6 Å². The highest BCUT2D eigenvalue weighted by Crippen LogP contribution is 2.53. The third-order valence-electron chi connectivity index (χ3n) is 7.53. The second kappa shape index (κ2) is 10.3. The highest BCUT2D eigenvalue weighted by atomic mass is 35.5. The fourth-order valence-electron chi connectivity index (χ4n) is 5.72. The summed E-state index contributed by atoms with van der Waals surface area (Å²) in [6.45, 7) is -0.103. The zero-order valence-electron chi connectivity index (χ0n) is 23.1. The highest BCUT2D eigenvalue weighted by molar-refractivity contribution is 7.93. The third kappa shape index (κ3) is 4.26. The van der Waals surface area contributed by atoms with Gasteiger partial charge in [-0.15, -0.1) is 0 Å². The van der Waals surface area contributed by atoms with Crippen LogP contribution in [0.1, 0.15) is 17.8 Å². The number of halogens is 1. The van der Waals surface area contributed by atoms with Gasteiger partial charge in [0.1, 0.15) is 22.2 Å². The van der Waals surface area contributed by atoms with Crippen LogP contribution in [0.25, 0.3) is 0 Å². The topological polar surface area (TPSA) is 135 Å². The zero-order valence-corrected chi connectivity index (χ0v) is 24.7. The number of rotatable bonds is 7. The number of fused-ring (bicyclic) bond motifs is 1. The molecule has 1 saturated heterocycles. The number of benzene rings is 2. The molecule has 0 radical (unpaired) electrons. The number of aliphatic hydroxyl groups is 1. The standard InChI is InChI=1S/C27H30ClN5O7S/c1-30(2)24(35)21-13-17(34)15-32(21)27(25-29-10-11-31(25)3)19-12-16(28)6-8-20(19)33(26(27)36)41(37,38)23-9-7-18(39-4)14-22(23)40-5/h6-12,14,17,21,34H,13,15H2,1-5H3/t17-,21+,27?/m1/s1. The summed E-state index contributed by atoms with van der Waals surface area (Å²) in [5.41, 5.74) is -1.68. The van der Waals surface area contributed by atoms with Gasteiger partial charge in [0, 0.05) is 56.7 Å². The van der Waals surface area contributed by atoms with E-state index in [9.17, 15) is 23.1 Å². The molecule has 2 amide bonds. The number of likely N-dealkylation sites (N-methyl/N-ethyl adjacent to an activating group) is 1. The summed E-state index contributed by atoms with van der Waals surface area (Å²) in [6, 6.07) is 7.63. The van der Waals surface area contributed by atoms with Crippen molar-refractivity contribution in [3.05, 3.63) is 65.2 Å². The van der Waals surface area contributed by atoms with Crippen molar-refractivity contribution in [3.8, 4) is 11.5 Å². The number of carbonyl (C=O) groups is 2. The first-order valence-corrected chi connectivity index (χ1v) is 14.5. The van der Waals surface area contributed by atoms with Crippen molar-refractivity contribution in [1.82, 2.24) is 19.4 Å². The van der Waals surface area contributed by atoms with E-state index in [2.05, 4.69) is 4.98 Å². The lowest BCUT2D eigenvalue weighted by atomic mass is 9.87. The van der Waals surface area contributed by atoms with Gasteiger partial charge < -0.3 is 24.0 Å². The summed E-state index contributed by atoms with van der Waals surface area (Å²) >= 11 is 6.46. The number of nitrogens with zero attached hydrogens (tertiary/aromatic N) is 5. The number of ether oxygens (including phenoxy) is 2. The maximum atomic E-state index is 15.0. The second-order valence-corrected chi connectivity index (χ2v) is 12.3. The fourth-order valence-corrected chi connectivity index (χ4v) is 7.50. The molecule has 0 spiro atoms. The number of β-amino-alcohol motifs (C(OH)–C–C–N with tert-alkyl or cyclic N) is 1. The first-order valence-electron chi connectivity index (χ1n) is 12.6. The molecule has 2 aliphatic heterocycles. The van der Waals surface area contributed by atoms with E-state index in [1.807, 2.05) is 0 Å². The number of hydrogen-bond donors (Lipinski definition) is 1. The Kier molecular flexibility index (Phi) is 7.26. The van der Waals surface area contributed by atoms with E-state index in [4.69, 9.17) is 21.1 Å². The Hall–Kier alpha value is -3.65. The number of hydrogen-bond acceptors (Lipinski definition) is 9. The number of aliphatic hydroxyl groups excluding tert-OH is 1. The number of likely N-dealkylation sites (tertiary alicyclic amines) is 1. The summed E-state index contributed by atoms with van der Waals surface area (Å²) in [5, 5.41) is 11.1. The molecule has 14 heteroatoms. The Labute approximate surface area is 242 Å². The van der Waals surface area contributed by atoms with Crippen LogP contribution in [-0.4, -0.2) is 91.7 Å². The largest absolute Gasteiger partial charge is 0.497 e. The minimum Gasteiger partial charge on any atom is -0.497 e. The Bertz CT molecular complexity index is 1640. The molecule has 5 rings (SSSR count). The molecule has 3 atom stereocenters. The minimum atomic E-state index is -4.62. The van der Waals surface area contributed by atoms with Gasteiger partial charge in [-0.25, -0.2) is 17.7 Å². The Morgan fingerprint density at radius 1 is 1.17 bits per heavy atom. The number of methoxy groups -OCH3 is 2. The lowest BCUT2D eigenvalue weighted by Gasteiger charge is -2.40. The fraction of sp³-hybridized carbons (Fsp3) is 0.370. The molecule has 0 saturated carbocycles. The third-order valence-corrected chi connectivity index (χ3v) is 9.50. The van der Waals surface area contributed by atoms with Crippen molar-refractivity contribution in [3.63, 3.8) is 0 Å². The molecular weight excluding hydrogens is 574 g/mol. The van der Waals surface area contributed by atoms with E-state index < -0.39 is 33.6 Å². The molecule has 1 N–H and O–H groups in total. The van der Waals surface area contributed by atoms with Gasteiger partial charge in [0.15, 0.2) is 5.54 Å². The van der Waals surface area contributed by atoms with Crippen LogP contribution in [0.4, 0.5) is 5.69 Å². The van der Waals surface area contributed by atoms with Crippen molar-refractivity contribution in [2.45, 2.75) is 29.0 Å². The number of imidazole rings is 1. The highest BCUT2D eigenvalue weighted by Gasteiger charge is 2.65. The molecule has 0 aliphatic carbocycles. The quantitative estimate of drug-likeness (QED) is 0.427. The summed E-state index contributed by atoms with van der Waals surface area (Å²) in [5.74, 6) is -0.758. The van der Waals surface area contributed by atoms with Gasteiger partial charge in [-0.1, -0.05) is 11.6 Å². The van der Waals surface area contributed by atoms with Crippen LogP contribution in [0.3, 0.4) is 0 Å². The predicted octanol–water partition coefficient (Wildman–Crippen LogP) is 1.59. The predicted molar refractivity (Wildman–Crippen MR) is 149 cm³/mol. The Morgan fingerprint density at radius 3 is 2.51 bits per heavy atom. The summed E-state index contributed by atoms with van der Waals surface area (Å²) in [6.07, 6.45) is 2.16. The molecule has 0 bridgehead atoms. The van der Waals surface area contributed by atoms with Gasteiger partial charge in [0.05, 0.1) is 32.1 Å². The maximum Gasteiger partial charge on any atom is 0.274 e. The number of amides is 2. The average Bonchev–Trinajstić information content (AvgIpc) is 3.61. The molecule has 2 aliphatic rings. The van der Waals surface area contributed by atoms with Crippen molar-refractivity contribution >= 4 is 39.1 Å². The van der Waals surface area contributed by atoms with Crippen LogP contribution in [-0.2, 0) is 32.2 Å². The first kappa shape index (κ1) is 28.9. The molecule has 1 unspecified atom stereocenters. The molecular formula is C27H30ClN5O7S. The summed E-state index contributed by atoms with van der Waals surface area (Å²) in [7, 11) is 2.95. The van der Waals surface area contributed by atoms with Gasteiger partial charge in [-0.3, -0.25) is 14.5 Å². The molecule has 12 nitrogen and oxygen atoms in total. The van der Waals surface area contributed by atoms with Gasteiger partial charge in [-0.05, 0) is 36.8 Å². The first-order chi connectivity index (χ1) is 19.4. The van der Waals surface area contributed by atoms with E-state index >= 15 is 0 Å². The van der Waals surface area contributed by atoms with Gasteiger partial charge >= 0.3 is 0 Å². The van der Waals surface area contributed by atoms with Crippen LogP contribution in [0.15, 0.2) is 53.7 Å². The van der Waals surface area contributed by atoms with Crippen LogP contribution >= 0.6 is 11.6 Å². The molecule has 218 valence electrons. The summed E-state index contributed by atoms with van der Waals surface area (Å²) < 4.78 is 41.7. The second-order valence-electron chi connectivity index (χ2n) is 10.1. The van der Waals surface area contributed by atoms with Crippen molar-refractivity contribution in [2.75, 3.05) is 39.2 Å². The Balaban J connectivity index is 1.83. The molecule has 3 heterocycles. The lowest BCUT2D eigenvalue weighted by molar-refractivity contribution is -0.138. The SMILES string of the molecule is COc1ccc(S(=O)(=O)N2C(=O)C(c3nccn3C)(N3C[C@H](O)C[C@H]3C(=O)N(C)C)c3cc(Cl)ccc32)c(OC)c1. The smallest absolute Gasteiger partial charge is 0.274 e. The van der Waals surface area contributed by atoms with Crippen LogP contribution < -0.4 is 13.8 Å². The number of carbonyl (C=O) groups excluding carboxylic acids is 2. The zero-order chi connectivity index (χ0) is 29.9. The van der Waals surface area contributed by atoms with Crippen LogP contribution in [0.5, 0.6) is 11.5 Å². The molecule has 1 aromatic heterocycles. The number of sulfonamides is 1. The minimum absolute atomic E-state index is 0.0283. The molecule has 41 heavy (non-hydrogen) atoms. The van der Waals surface area contributed by atoms with E-state index in [1.165, 1.54) is 61.7 Å². The van der Waals surface area contributed by atoms with Gasteiger partial charge in [0.25, 0.3) is 15.9 Å². The van der Waals surface area contributed by atoms with Crippen molar-refractivity contribution in [2.24, 2.45) is 7.05 Å². The van der Waals surface area contributed by atoms with Gasteiger partial charge in [-0.2, -0.15) is 0 Å². The lowest BCUT2D eigenvalue weighted by Crippen LogP contribution is -2.60. The normalized spacial score (nSPS) is 22.6. The molecule has 1 fully saturated rings. The average molecular weight is 604 g/mol. The van der Waals surface area contributed by atoms with Crippen molar-refractivity contribution in [1.29, 1.82) is 0 Å². The number of aryl methyl sites for hydroxylation is 1. The van der Waals surface area contributed by atoms with E-state index in [1.54, 1.807) is 36.8 Å². The number of aromatic nitrogens is 2. The Morgan fingerprint density at radius 2 is 1.90 bits per heavy atom. The van der Waals surface area contributed by atoms with E-state index in [0.29, 0.717) is 10.1 Å². The van der Waals surface area contributed by atoms with E-state index in [0.717, 1.165) is 0 Å².